The number of anilines is 1. The summed E-state index contributed by atoms with van der Waals surface area (Å²) < 4.78 is 0. The Kier molecular flexibility index (Phi) is 7.24. The average molecular weight is 359 g/mol. The molecule has 4 nitrogen and oxygen atoms in total. The van der Waals surface area contributed by atoms with E-state index < -0.39 is 0 Å². The first-order chi connectivity index (χ1) is 12.3. The maximum atomic E-state index is 12.8. The zero-order valence-corrected chi connectivity index (χ0v) is 16.9. The van der Waals surface area contributed by atoms with Gasteiger partial charge >= 0.3 is 0 Å². The van der Waals surface area contributed by atoms with Gasteiger partial charge < -0.3 is 10.6 Å². The third-order valence-corrected chi connectivity index (χ3v) is 5.65. The van der Waals surface area contributed by atoms with E-state index in [-0.39, 0.29) is 29.7 Å². The smallest absolute Gasteiger partial charge is 0.227 e. The zero-order chi connectivity index (χ0) is 19.3. The topological polar surface area (TPSA) is 58.2 Å². The molecule has 1 aromatic carbocycles. The molecule has 26 heavy (non-hydrogen) atoms. The lowest BCUT2D eigenvalue weighted by atomic mass is 9.81. The second-order valence-corrected chi connectivity index (χ2v) is 8.05. The number of aryl methyl sites for hydroxylation is 1. The molecule has 0 saturated heterocycles. The van der Waals surface area contributed by atoms with Crippen LogP contribution in [0.1, 0.15) is 76.8 Å². The Labute approximate surface area is 158 Å². The predicted octanol–water partition coefficient (Wildman–Crippen LogP) is 4.78. The van der Waals surface area contributed by atoms with Crippen LogP contribution >= 0.6 is 0 Å². The van der Waals surface area contributed by atoms with E-state index in [0.29, 0.717) is 5.92 Å². The molecule has 4 heteroatoms. The number of benzene rings is 1. The average Bonchev–Trinajstić information content (AvgIpc) is 2.63. The minimum Gasteiger partial charge on any atom is -0.353 e. The summed E-state index contributed by atoms with van der Waals surface area (Å²) in [5.74, 6) is 0.673. The molecule has 0 aromatic heterocycles. The monoisotopic (exact) mass is 358 g/mol. The summed E-state index contributed by atoms with van der Waals surface area (Å²) in [6, 6.07) is 6.39. The lowest BCUT2D eigenvalue weighted by Crippen LogP contribution is -2.39. The first-order valence-corrected chi connectivity index (χ1v) is 10.0. The van der Waals surface area contributed by atoms with Gasteiger partial charge in [-0.25, -0.2) is 0 Å². The summed E-state index contributed by atoms with van der Waals surface area (Å²) in [5, 5.41) is 6.25. The number of amides is 2. The van der Waals surface area contributed by atoms with Crippen molar-refractivity contribution < 1.29 is 9.59 Å². The zero-order valence-electron chi connectivity index (χ0n) is 16.9. The Bertz CT molecular complexity index is 631. The van der Waals surface area contributed by atoms with Crippen LogP contribution in [0.2, 0.25) is 0 Å². The first-order valence-electron chi connectivity index (χ1n) is 10.0. The van der Waals surface area contributed by atoms with Crippen LogP contribution in [0.3, 0.4) is 0 Å². The Hall–Kier alpha value is -1.84. The predicted molar refractivity (Wildman–Crippen MR) is 107 cm³/mol. The molecule has 2 N–H and O–H groups in total. The fraction of sp³-hybridized carbons (Fsp3) is 0.636. The van der Waals surface area contributed by atoms with E-state index in [1.165, 1.54) is 5.56 Å². The molecule has 1 aromatic rings. The Morgan fingerprint density at radius 1 is 1.04 bits per heavy atom. The van der Waals surface area contributed by atoms with E-state index >= 15 is 0 Å². The van der Waals surface area contributed by atoms with Crippen molar-refractivity contribution in [2.75, 3.05) is 5.32 Å². The van der Waals surface area contributed by atoms with Crippen molar-refractivity contribution in [1.29, 1.82) is 0 Å². The molecule has 0 bridgehead atoms. The fourth-order valence-corrected chi connectivity index (χ4v) is 3.65. The van der Waals surface area contributed by atoms with Gasteiger partial charge in [0.2, 0.25) is 11.8 Å². The molecule has 0 heterocycles. The van der Waals surface area contributed by atoms with Gasteiger partial charge in [0.05, 0.1) is 0 Å². The van der Waals surface area contributed by atoms with Gasteiger partial charge in [0.1, 0.15) is 0 Å². The highest BCUT2D eigenvalue weighted by molar-refractivity contribution is 5.94. The number of nitrogens with one attached hydrogen (secondary N) is 2. The number of carbonyl (C=O) groups excluding carboxylic acids is 2. The van der Waals surface area contributed by atoms with E-state index in [9.17, 15) is 9.59 Å². The van der Waals surface area contributed by atoms with E-state index in [2.05, 4.69) is 37.5 Å². The van der Waals surface area contributed by atoms with Gasteiger partial charge in [-0.1, -0.05) is 39.0 Å². The third-order valence-electron chi connectivity index (χ3n) is 5.65. The SMILES string of the molecule is CCC(C)NC(=O)C1CCC(C(=O)Nc2c(C)cccc2C(C)C)CC1. The van der Waals surface area contributed by atoms with E-state index in [1.807, 2.05) is 26.0 Å². The lowest BCUT2D eigenvalue weighted by Gasteiger charge is -2.28. The van der Waals surface area contributed by atoms with Crippen LogP contribution in [0.5, 0.6) is 0 Å². The molecule has 144 valence electrons. The highest BCUT2D eigenvalue weighted by atomic mass is 16.2. The van der Waals surface area contributed by atoms with Crippen LogP contribution < -0.4 is 10.6 Å². The minimum atomic E-state index is 0.00210. The largest absolute Gasteiger partial charge is 0.353 e. The standard InChI is InChI=1S/C22H34N2O2/c1-6-16(5)23-21(25)17-10-12-18(13-11-17)22(26)24-20-15(4)8-7-9-19(20)14(2)3/h7-9,14,16-18H,6,10-13H2,1-5H3,(H,23,25)(H,24,26). The van der Waals surface area contributed by atoms with Crippen LogP contribution in [-0.4, -0.2) is 17.9 Å². The van der Waals surface area contributed by atoms with Gasteiger partial charge in [0, 0.05) is 23.6 Å². The van der Waals surface area contributed by atoms with Gasteiger partial charge in [-0.15, -0.1) is 0 Å². The number of hydrogen-bond acceptors (Lipinski definition) is 2. The van der Waals surface area contributed by atoms with E-state index in [4.69, 9.17) is 0 Å². The van der Waals surface area contributed by atoms with Gasteiger partial charge in [0.15, 0.2) is 0 Å². The maximum absolute atomic E-state index is 12.8. The van der Waals surface area contributed by atoms with Gasteiger partial charge in [-0.3, -0.25) is 9.59 Å². The lowest BCUT2D eigenvalue weighted by molar-refractivity contribution is -0.129. The van der Waals surface area contributed by atoms with Crippen LogP contribution in [0.15, 0.2) is 18.2 Å². The summed E-state index contributed by atoms with van der Waals surface area (Å²) >= 11 is 0. The van der Waals surface area contributed by atoms with Gasteiger partial charge in [0.25, 0.3) is 0 Å². The van der Waals surface area contributed by atoms with Crippen LogP contribution in [-0.2, 0) is 9.59 Å². The van der Waals surface area contributed by atoms with Crippen molar-refractivity contribution in [3.05, 3.63) is 29.3 Å². The molecule has 0 aliphatic heterocycles. The second-order valence-electron chi connectivity index (χ2n) is 8.05. The highest BCUT2D eigenvalue weighted by Crippen LogP contribution is 2.32. The molecule has 1 unspecified atom stereocenters. The van der Waals surface area contributed by atoms with Crippen molar-refractivity contribution in [2.24, 2.45) is 11.8 Å². The molecule has 1 aliphatic rings. The minimum absolute atomic E-state index is 0.00210. The molecular formula is C22H34N2O2. The van der Waals surface area contributed by atoms with E-state index in [1.54, 1.807) is 0 Å². The fourth-order valence-electron chi connectivity index (χ4n) is 3.65. The number of para-hydroxylation sites is 1. The van der Waals surface area contributed by atoms with E-state index in [0.717, 1.165) is 43.4 Å². The molecule has 1 saturated carbocycles. The van der Waals surface area contributed by atoms with Crippen LogP contribution in [0, 0.1) is 18.8 Å². The Balaban J connectivity index is 1.94. The van der Waals surface area contributed by atoms with Crippen molar-refractivity contribution in [2.45, 2.75) is 78.7 Å². The maximum Gasteiger partial charge on any atom is 0.227 e. The molecule has 0 spiro atoms. The summed E-state index contributed by atoms with van der Waals surface area (Å²) in [6.07, 6.45) is 4.11. The molecule has 2 amide bonds. The first kappa shape index (κ1) is 20.5. The Morgan fingerprint density at radius 3 is 2.15 bits per heavy atom. The normalized spacial score (nSPS) is 21.3. The molecule has 2 rings (SSSR count). The number of rotatable bonds is 6. The van der Waals surface area contributed by atoms with Crippen molar-refractivity contribution in [1.82, 2.24) is 5.32 Å². The van der Waals surface area contributed by atoms with Crippen LogP contribution in [0.25, 0.3) is 0 Å². The summed E-state index contributed by atoms with van der Waals surface area (Å²) in [4.78, 5) is 25.1. The molecule has 1 atom stereocenters. The molecule has 1 aliphatic carbocycles. The van der Waals surface area contributed by atoms with Crippen LogP contribution in [0.4, 0.5) is 5.69 Å². The molecular weight excluding hydrogens is 324 g/mol. The number of carbonyl (C=O) groups is 2. The number of hydrogen-bond donors (Lipinski definition) is 2. The van der Waals surface area contributed by atoms with Crippen molar-refractivity contribution in [3.8, 4) is 0 Å². The molecule has 1 fully saturated rings. The summed E-state index contributed by atoms with van der Waals surface area (Å²) in [7, 11) is 0. The summed E-state index contributed by atoms with van der Waals surface area (Å²) in [6.45, 7) is 10.4. The second kappa shape index (κ2) is 9.20. The van der Waals surface area contributed by atoms with Crippen molar-refractivity contribution in [3.63, 3.8) is 0 Å². The Morgan fingerprint density at radius 2 is 1.62 bits per heavy atom. The van der Waals surface area contributed by atoms with Gasteiger partial charge in [-0.05, 0) is 63.0 Å². The van der Waals surface area contributed by atoms with Crippen molar-refractivity contribution >= 4 is 17.5 Å². The highest BCUT2D eigenvalue weighted by Gasteiger charge is 2.30. The third kappa shape index (κ3) is 5.09. The summed E-state index contributed by atoms with van der Waals surface area (Å²) in [5.41, 5.74) is 3.25. The quantitative estimate of drug-likeness (QED) is 0.769. The molecule has 0 radical (unpaired) electrons. The van der Waals surface area contributed by atoms with Gasteiger partial charge in [-0.2, -0.15) is 0 Å².